The van der Waals surface area contributed by atoms with Crippen molar-refractivity contribution in [1.82, 2.24) is 0 Å². The number of methoxy groups -OCH3 is 3. The predicted octanol–water partition coefficient (Wildman–Crippen LogP) is 1.97. The van der Waals surface area contributed by atoms with Crippen molar-refractivity contribution < 1.29 is 38.1 Å². The average Bonchev–Trinajstić information content (AvgIpc) is 3.11. The van der Waals surface area contributed by atoms with Gasteiger partial charge in [0.25, 0.3) is 0 Å². The third-order valence-electron chi connectivity index (χ3n) is 6.30. The van der Waals surface area contributed by atoms with Crippen LogP contribution in [0.1, 0.15) is 21.8 Å². The van der Waals surface area contributed by atoms with E-state index in [-0.39, 0.29) is 33.4 Å². The Bertz CT molecular complexity index is 1340. The zero-order valence-corrected chi connectivity index (χ0v) is 19.7. The number of para-hydroxylation sites is 1. The third-order valence-corrected chi connectivity index (χ3v) is 7.53. The van der Waals surface area contributed by atoms with E-state index in [4.69, 9.17) is 24.7 Å². The third kappa shape index (κ3) is 3.26. The van der Waals surface area contributed by atoms with Crippen LogP contribution in [0.4, 0.5) is 5.69 Å². The minimum Gasteiger partial charge on any atom is -0.495 e. The number of fused-ring (bicyclic) bond motifs is 5. The van der Waals surface area contributed by atoms with Crippen molar-refractivity contribution in [3.05, 3.63) is 58.1 Å². The number of carbonyl (C=O) groups excluding carboxylic acids is 4. The van der Waals surface area contributed by atoms with Crippen molar-refractivity contribution >= 4 is 41.2 Å². The summed E-state index contributed by atoms with van der Waals surface area (Å²) in [6.45, 7) is 0. The molecule has 2 N–H and O–H groups in total. The molecule has 2 aromatic carbocycles. The molecule has 1 fully saturated rings. The maximum absolute atomic E-state index is 13.9. The zero-order chi connectivity index (χ0) is 25.0. The van der Waals surface area contributed by atoms with Gasteiger partial charge in [0.1, 0.15) is 11.0 Å². The average molecular weight is 496 g/mol. The topological polar surface area (TPSA) is 134 Å². The molecule has 2 aromatic rings. The Labute approximate surface area is 203 Å². The second-order valence-corrected chi connectivity index (χ2v) is 9.16. The first-order chi connectivity index (χ1) is 16.8. The molecule has 0 aliphatic carbocycles. The van der Waals surface area contributed by atoms with E-state index >= 15 is 0 Å². The van der Waals surface area contributed by atoms with Crippen molar-refractivity contribution in [2.45, 2.75) is 11.2 Å². The van der Waals surface area contributed by atoms with Crippen LogP contribution in [0, 0.1) is 5.92 Å². The smallest absolute Gasteiger partial charge is 0.342 e. The molecule has 0 radical (unpaired) electrons. The van der Waals surface area contributed by atoms with E-state index < -0.39 is 40.8 Å². The second kappa shape index (κ2) is 8.35. The molecular formula is C24H20N2O8S. The van der Waals surface area contributed by atoms with E-state index in [0.717, 1.165) is 16.7 Å². The van der Waals surface area contributed by atoms with Crippen LogP contribution < -0.4 is 24.8 Å². The maximum Gasteiger partial charge on any atom is 0.342 e. The van der Waals surface area contributed by atoms with Crippen LogP contribution in [0.3, 0.4) is 0 Å². The number of hydrogen-bond acceptors (Lipinski definition) is 10. The van der Waals surface area contributed by atoms with Gasteiger partial charge < -0.3 is 24.7 Å². The number of nitrogens with two attached hydrogens (primary N) is 1. The molecule has 3 heterocycles. The van der Waals surface area contributed by atoms with Gasteiger partial charge in [0.15, 0.2) is 11.5 Å². The minimum absolute atomic E-state index is 0.102. The van der Waals surface area contributed by atoms with Gasteiger partial charge >= 0.3 is 11.9 Å². The van der Waals surface area contributed by atoms with Crippen LogP contribution in [0.5, 0.6) is 17.2 Å². The van der Waals surface area contributed by atoms with Crippen LogP contribution in [0.2, 0.25) is 0 Å². The Kier molecular flexibility index (Phi) is 5.43. The number of anilines is 1. The molecule has 3 aliphatic heterocycles. The van der Waals surface area contributed by atoms with Gasteiger partial charge in [-0.1, -0.05) is 23.9 Å². The van der Waals surface area contributed by atoms with E-state index in [9.17, 15) is 19.2 Å². The lowest BCUT2D eigenvalue weighted by atomic mass is 9.77. The SMILES string of the molecule is COC(=O)c1ccc(OC)c(N2C(=O)[C@@H]3[C@@H](SC(N)=C4C(=O)Oc5c(OC)cccc5[C@H]43)C2=O)c1. The molecule has 35 heavy (non-hydrogen) atoms. The first-order valence-corrected chi connectivity index (χ1v) is 11.4. The summed E-state index contributed by atoms with van der Waals surface area (Å²) in [7, 11) is 4.06. The van der Waals surface area contributed by atoms with E-state index in [1.165, 1.54) is 39.5 Å². The zero-order valence-electron chi connectivity index (χ0n) is 18.9. The molecule has 0 spiro atoms. The van der Waals surface area contributed by atoms with Gasteiger partial charge in [0, 0.05) is 11.5 Å². The maximum atomic E-state index is 13.9. The molecule has 0 aromatic heterocycles. The number of benzene rings is 2. The molecular weight excluding hydrogens is 476 g/mol. The fraction of sp³-hybridized carbons (Fsp3) is 0.250. The van der Waals surface area contributed by atoms with E-state index in [1.807, 2.05) is 0 Å². The molecule has 2 amide bonds. The number of hydrogen-bond donors (Lipinski definition) is 1. The van der Waals surface area contributed by atoms with Crippen LogP contribution in [0.25, 0.3) is 0 Å². The summed E-state index contributed by atoms with van der Waals surface area (Å²) >= 11 is 0.951. The Morgan fingerprint density at radius 3 is 2.46 bits per heavy atom. The van der Waals surface area contributed by atoms with E-state index in [0.29, 0.717) is 11.3 Å². The predicted molar refractivity (Wildman–Crippen MR) is 124 cm³/mol. The minimum atomic E-state index is -0.944. The second-order valence-electron chi connectivity index (χ2n) is 7.98. The fourth-order valence-electron chi connectivity index (χ4n) is 4.76. The highest BCUT2D eigenvalue weighted by Gasteiger charge is 2.59. The first-order valence-electron chi connectivity index (χ1n) is 10.5. The van der Waals surface area contributed by atoms with Crippen molar-refractivity contribution in [2.75, 3.05) is 26.2 Å². The summed E-state index contributed by atoms with van der Waals surface area (Å²) in [6, 6.07) is 9.38. The summed E-state index contributed by atoms with van der Waals surface area (Å²) in [5.41, 5.74) is 7.14. The van der Waals surface area contributed by atoms with Crippen molar-refractivity contribution in [3.8, 4) is 17.2 Å². The Morgan fingerprint density at radius 1 is 1.03 bits per heavy atom. The molecule has 0 unspecified atom stereocenters. The quantitative estimate of drug-likeness (QED) is 0.380. The number of ether oxygens (including phenoxy) is 4. The summed E-state index contributed by atoms with van der Waals surface area (Å²) < 4.78 is 21.0. The number of esters is 2. The van der Waals surface area contributed by atoms with E-state index in [1.54, 1.807) is 18.2 Å². The number of thioether (sulfide) groups is 1. The van der Waals surface area contributed by atoms with Crippen molar-refractivity contribution in [3.63, 3.8) is 0 Å². The lowest BCUT2D eigenvalue weighted by Gasteiger charge is -2.36. The molecule has 0 bridgehead atoms. The molecule has 0 saturated carbocycles. The molecule has 5 rings (SSSR count). The van der Waals surface area contributed by atoms with Crippen molar-refractivity contribution in [2.24, 2.45) is 11.7 Å². The molecule has 10 nitrogen and oxygen atoms in total. The Hall–Kier alpha value is -3.99. The molecule has 3 atom stereocenters. The van der Waals surface area contributed by atoms with E-state index in [2.05, 4.69) is 0 Å². The number of carbonyl (C=O) groups is 4. The van der Waals surface area contributed by atoms with Gasteiger partial charge in [-0.15, -0.1) is 0 Å². The highest BCUT2D eigenvalue weighted by Crippen LogP contribution is 2.56. The van der Waals surface area contributed by atoms with Crippen LogP contribution in [0.15, 0.2) is 47.0 Å². The molecule has 180 valence electrons. The normalized spacial score (nSPS) is 22.8. The summed E-state index contributed by atoms with van der Waals surface area (Å²) in [5, 5.41) is -0.777. The van der Waals surface area contributed by atoms with Crippen LogP contribution >= 0.6 is 11.8 Å². The van der Waals surface area contributed by atoms with Gasteiger partial charge in [-0.05, 0) is 24.3 Å². The standard InChI is InChI=1S/C24H20N2O8S/c1-31-13-8-7-10(23(29)33-3)9-12(13)26-21(27)16-15-11-5-4-6-14(32-2)18(11)34-24(30)17(15)20(25)35-19(16)22(26)28/h4-9,15-16,19H,25H2,1-3H3/t15-,16-,19+/m0/s1. The lowest BCUT2D eigenvalue weighted by Crippen LogP contribution is -2.39. The number of amides is 2. The number of rotatable bonds is 4. The summed E-state index contributed by atoms with van der Waals surface area (Å²) in [4.78, 5) is 53.5. The number of nitrogens with zero attached hydrogens (tertiary/aromatic N) is 1. The first kappa shape index (κ1) is 22.8. The van der Waals surface area contributed by atoms with Gasteiger partial charge in [-0.2, -0.15) is 0 Å². The largest absolute Gasteiger partial charge is 0.495 e. The Morgan fingerprint density at radius 2 is 1.77 bits per heavy atom. The fourth-order valence-corrected chi connectivity index (χ4v) is 6.00. The van der Waals surface area contributed by atoms with Gasteiger partial charge in [-0.3, -0.25) is 9.59 Å². The molecule has 1 saturated heterocycles. The van der Waals surface area contributed by atoms with Crippen molar-refractivity contribution in [1.29, 1.82) is 0 Å². The highest BCUT2D eigenvalue weighted by atomic mass is 32.2. The van der Waals surface area contributed by atoms with Gasteiger partial charge in [-0.25, -0.2) is 14.5 Å². The van der Waals surface area contributed by atoms with Crippen LogP contribution in [-0.2, 0) is 19.1 Å². The number of imide groups is 1. The lowest BCUT2D eigenvalue weighted by molar-refractivity contribution is -0.132. The van der Waals surface area contributed by atoms with Gasteiger partial charge in [0.2, 0.25) is 11.8 Å². The van der Waals surface area contributed by atoms with Crippen LogP contribution in [-0.4, -0.2) is 50.3 Å². The monoisotopic (exact) mass is 496 g/mol. The summed E-state index contributed by atoms with van der Waals surface area (Å²) in [6.07, 6.45) is 0. The highest BCUT2D eigenvalue weighted by molar-refractivity contribution is 8.04. The van der Waals surface area contributed by atoms with Gasteiger partial charge in [0.05, 0.1) is 49.1 Å². The molecule has 3 aliphatic rings. The Balaban J connectivity index is 1.66. The molecule has 11 heteroatoms. The summed E-state index contributed by atoms with van der Waals surface area (Å²) in [5.74, 6) is -3.44.